The Kier molecular flexibility index (Phi) is 4.84. The molecule has 0 aliphatic heterocycles. The van der Waals surface area contributed by atoms with E-state index in [4.69, 9.17) is 21.3 Å². The van der Waals surface area contributed by atoms with Crippen molar-refractivity contribution in [2.45, 2.75) is 27.3 Å². The van der Waals surface area contributed by atoms with Gasteiger partial charge in [-0.05, 0) is 44.5 Å². The first-order chi connectivity index (χ1) is 13.9. The molecule has 0 saturated heterocycles. The summed E-state index contributed by atoms with van der Waals surface area (Å²) in [5.74, 6) is -0.484. The number of nitrogens with zero attached hydrogens (tertiary/aromatic N) is 5. The van der Waals surface area contributed by atoms with E-state index in [2.05, 4.69) is 10.2 Å². The monoisotopic (exact) mass is 409 g/mol. The van der Waals surface area contributed by atoms with E-state index in [0.29, 0.717) is 22.1 Å². The normalized spacial score (nSPS) is 11.2. The average Bonchev–Trinajstić information content (AvgIpc) is 3.27. The number of carbonyl (C=O) groups excluding carboxylic acids is 1. The van der Waals surface area contributed by atoms with Gasteiger partial charge in [-0.2, -0.15) is 10.2 Å². The van der Waals surface area contributed by atoms with E-state index in [9.17, 15) is 4.79 Å². The molecule has 0 aliphatic rings. The zero-order chi connectivity index (χ0) is 20.7. The van der Waals surface area contributed by atoms with Crippen LogP contribution in [0.4, 0.5) is 0 Å². The first kappa shape index (κ1) is 19.1. The van der Waals surface area contributed by atoms with Crippen LogP contribution in [-0.4, -0.2) is 37.5 Å². The number of rotatable bonds is 4. The number of methoxy groups -OCH3 is 1. The molecule has 0 spiro atoms. The van der Waals surface area contributed by atoms with Crippen LogP contribution in [0.25, 0.3) is 28.0 Å². The minimum atomic E-state index is -0.484. The Morgan fingerprint density at radius 3 is 2.55 bits per heavy atom. The van der Waals surface area contributed by atoms with E-state index >= 15 is 0 Å². The zero-order valence-corrected chi connectivity index (χ0v) is 17.4. The average molecular weight is 410 g/mol. The van der Waals surface area contributed by atoms with Crippen LogP contribution in [0.2, 0.25) is 5.02 Å². The molecule has 0 saturated carbocycles. The maximum atomic E-state index is 12.5. The van der Waals surface area contributed by atoms with Crippen LogP contribution >= 0.6 is 11.6 Å². The molecule has 0 unspecified atom stereocenters. The molecule has 4 rings (SSSR count). The molecule has 0 N–H and O–H groups in total. The van der Waals surface area contributed by atoms with Crippen molar-refractivity contribution in [1.29, 1.82) is 0 Å². The maximum Gasteiger partial charge on any atom is 0.356 e. The van der Waals surface area contributed by atoms with Crippen molar-refractivity contribution in [2.24, 2.45) is 0 Å². The van der Waals surface area contributed by atoms with E-state index in [1.807, 2.05) is 49.7 Å². The Balaban J connectivity index is 2.02. The number of fused-ring (bicyclic) bond motifs is 1. The summed E-state index contributed by atoms with van der Waals surface area (Å²) >= 11 is 6.03. The third-order valence-electron chi connectivity index (χ3n) is 4.96. The van der Waals surface area contributed by atoms with Crippen molar-refractivity contribution < 1.29 is 9.53 Å². The molecule has 7 nitrogen and oxygen atoms in total. The molecule has 0 fully saturated rings. The lowest BCUT2D eigenvalue weighted by Gasteiger charge is -2.09. The van der Waals surface area contributed by atoms with E-state index in [1.165, 1.54) is 11.6 Å². The first-order valence-corrected chi connectivity index (χ1v) is 9.59. The lowest BCUT2D eigenvalue weighted by molar-refractivity contribution is 0.0590. The number of hydrogen-bond donors (Lipinski definition) is 0. The number of carbonyl (C=O) groups is 1. The first-order valence-electron chi connectivity index (χ1n) is 9.22. The fourth-order valence-corrected chi connectivity index (χ4v) is 3.68. The number of halogens is 1. The van der Waals surface area contributed by atoms with Gasteiger partial charge in [0.05, 0.1) is 24.7 Å². The Morgan fingerprint density at radius 2 is 1.93 bits per heavy atom. The molecule has 4 aromatic rings. The van der Waals surface area contributed by atoms with E-state index in [1.54, 1.807) is 12.3 Å². The number of esters is 1. The number of hydrogen-bond acceptors (Lipinski definition) is 5. The van der Waals surface area contributed by atoms with Crippen molar-refractivity contribution in [2.75, 3.05) is 7.11 Å². The van der Waals surface area contributed by atoms with Crippen LogP contribution in [0.15, 0.2) is 36.5 Å². The van der Waals surface area contributed by atoms with Gasteiger partial charge in [0.25, 0.3) is 0 Å². The summed E-state index contributed by atoms with van der Waals surface area (Å²) in [6.07, 6.45) is 1.69. The van der Waals surface area contributed by atoms with Gasteiger partial charge in [-0.1, -0.05) is 23.7 Å². The van der Waals surface area contributed by atoms with Gasteiger partial charge in [0.1, 0.15) is 0 Å². The third kappa shape index (κ3) is 3.17. The van der Waals surface area contributed by atoms with E-state index in [-0.39, 0.29) is 0 Å². The summed E-state index contributed by atoms with van der Waals surface area (Å²) in [7, 11) is 1.35. The molecule has 29 heavy (non-hydrogen) atoms. The van der Waals surface area contributed by atoms with Crippen molar-refractivity contribution in [3.63, 3.8) is 0 Å². The van der Waals surface area contributed by atoms with Crippen molar-refractivity contribution in [1.82, 2.24) is 24.4 Å². The highest BCUT2D eigenvalue weighted by atomic mass is 35.5. The lowest BCUT2D eigenvalue weighted by Crippen LogP contribution is -2.11. The molecule has 8 heteroatoms. The summed E-state index contributed by atoms with van der Waals surface area (Å²) in [5.41, 5.74) is 5.97. The SMILES string of the molecule is CCn1nc(C)c(-c2cc(C(=O)OC)n3ncc(-c4ccc(Cl)cc4)c3n2)c1C. The maximum absolute atomic E-state index is 12.5. The van der Waals surface area contributed by atoms with Gasteiger partial charge in [-0.15, -0.1) is 0 Å². The molecule has 0 amide bonds. The molecular weight excluding hydrogens is 390 g/mol. The van der Waals surface area contributed by atoms with Crippen LogP contribution in [0.1, 0.15) is 28.8 Å². The Hall–Kier alpha value is -3.19. The van der Waals surface area contributed by atoms with Gasteiger partial charge in [0, 0.05) is 28.4 Å². The smallest absolute Gasteiger partial charge is 0.356 e. The van der Waals surface area contributed by atoms with Gasteiger partial charge in [-0.25, -0.2) is 14.3 Å². The number of aryl methyl sites for hydroxylation is 2. The topological polar surface area (TPSA) is 74.3 Å². The van der Waals surface area contributed by atoms with Crippen LogP contribution in [-0.2, 0) is 11.3 Å². The van der Waals surface area contributed by atoms with Gasteiger partial charge >= 0.3 is 5.97 Å². The highest BCUT2D eigenvalue weighted by molar-refractivity contribution is 6.30. The van der Waals surface area contributed by atoms with Crippen molar-refractivity contribution in [3.8, 4) is 22.4 Å². The van der Waals surface area contributed by atoms with Gasteiger partial charge in [0.2, 0.25) is 0 Å². The third-order valence-corrected chi connectivity index (χ3v) is 5.21. The summed E-state index contributed by atoms with van der Waals surface area (Å²) < 4.78 is 8.42. The highest BCUT2D eigenvalue weighted by Crippen LogP contribution is 2.31. The predicted octanol–water partition coefficient (Wildman–Crippen LogP) is 4.34. The Labute approximate surface area is 172 Å². The second kappa shape index (κ2) is 7.33. The summed E-state index contributed by atoms with van der Waals surface area (Å²) in [5, 5.41) is 9.61. The quantitative estimate of drug-likeness (QED) is 0.469. The number of aromatic nitrogens is 5. The van der Waals surface area contributed by atoms with E-state index in [0.717, 1.165) is 34.6 Å². The molecule has 0 bridgehead atoms. The van der Waals surface area contributed by atoms with Crippen molar-refractivity contribution in [3.05, 3.63) is 58.6 Å². The largest absolute Gasteiger partial charge is 0.464 e. The van der Waals surface area contributed by atoms with E-state index < -0.39 is 5.97 Å². The Morgan fingerprint density at radius 1 is 1.21 bits per heavy atom. The fourth-order valence-electron chi connectivity index (χ4n) is 3.55. The second-order valence-electron chi connectivity index (χ2n) is 6.68. The molecule has 0 atom stereocenters. The summed E-state index contributed by atoms with van der Waals surface area (Å²) in [4.78, 5) is 17.3. The van der Waals surface area contributed by atoms with Gasteiger partial charge < -0.3 is 4.74 Å². The zero-order valence-electron chi connectivity index (χ0n) is 16.6. The standard InChI is InChI=1S/C21H20ClN5O2/c1-5-26-13(3)19(12(2)25-26)17-10-18(21(28)29-4)27-20(24-17)16(11-23-27)14-6-8-15(22)9-7-14/h6-11H,5H2,1-4H3. The van der Waals surface area contributed by atoms with Crippen LogP contribution in [0.3, 0.4) is 0 Å². The fraction of sp³-hybridized carbons (Fsp3) is 0.238. The van der Waals surface area contributed by atoms with Crippen molar-refractivity contribution >= 4 is 23.2 Å². The van der Waals surface area contributed by atoms with Gasteiger partial charge in [0.15, 0.2) is 11.3 Å². The highest BCUT2D eigenvalue weighted by Gasteiger charge is 2.22. The number of ether oxygens (including phenoxy) is 1. The van der Waals surface area contributed by atoms with Gasteiger partial charge in [-0.3, -0.25) is 4.68 Å². The van der Waals surface area contributed by atoms with Crippen LogP contribution in [0.5, 0.6) is 0 Å². The summed E-state index contributed by atoms with van der Waals surface area (Å²) in [6.45, 7) is 6.73. The molecular formula is C21H20ClN5O2. The lowest BCUT2D eigenvalue weighted by atomic mass is 10.1. The minimum absolute atomic E-state index is 0.302. The predicted molar refractivity (Wildman–Crippen MR) is 111 cm³/mol. The van der Waals surface area contributed by atoms with Crippen LogP contribution in [0, 0.1) is 13.8 Å². The summed E-state index contributed by atoms with van der Waals surface area (Å²) in [6, 6.07) is 9.12. The minimum Gasteiger partial charge on any atom is -0.464 e. The second-order valence-corrected chi connectivity index (χ2v) is 7.12. The molecule has 148 valence electrons. The Bertz CT molecular complexity index is 1220. The molecule has 3 aromatic heterocycles. The van der Waals surface area contributed by atoms with Crippen LogP contribution < -0.4 is 0 Å². The molecule has 0 aliphatic carbocycles. The molecule has 0 radical (unpaired) electrons. The molecule has 1 aromatic carbocycles. The number of benzene rings is 1. The molecule has 3 heterocycles.